The van der Waals surface area contributed by atoms with Crippen molar-refractivity contribution in [3.05, 3.63) is 149 Å². The molecule has 50 heavy (non-hydrogen) atoms. The second kappa shape index (κ2) is 17.1. The van der Waals surface area contributed by atoms with Gasteiger partial charge in [-0.05, 0) is 83.9 Å². The highest BCUT2D eigenvalue weighted by atomic mass is 35.5. The van der Waals surface area contributed by atoms with Crippen LogP contribution in [0.1, 0.15) is 26.7 Å². The van der Waals surface area contributed by atoms with E-state index < -0.39 is 17.1 Å². The minimum Gasteiger partial charge on any atom is -0.493 e. The summed E-state index contributed by atoms with van der Waals surface area (Å²) >= 11 is 7.36. The monoisotopic (exact) mass is 707 g/mol. The zero-order valence-electron chi connectivity index (χ0n) is 27.4. The van der Waals surface area contributed by atoms with Crippen LogP contribution < -0.4 is 30.2 Å². The molecular weight excluding hydrogens is 674 g/mol. The Bertz CT molecular complexity index is 1960. The third-order valence-corrected chi connectivity index (χ3v) is 8.82. The molecule has 0 fully saturated rings. The molecule has 3 N–H and O–H groups in total. The number of hydrogen-bond acceptors (Lipinski definition) is 7. The van der Waals surface area contributed by atoms with Crippen LogP contribution >= 0.6 is 23.4 Å². The summed E-state index contributed by atoms with van der Waals surface area (Å²) in [5.74, 6) is -0.130. The smallest absolute Gasteiger partial charge is 0.272 e. The van der Waals surface area contributed by atoms with Crippen LogP contribution in [0.15, 0.2) is 132 Å². The van der Waals surface area contributed by atoms with Crippen LogP contribution in [0.3, 0.4) is 0 Å². The predicted octanol–water partition coefficient (Wildman–Crippen LogP) is 8.25. The average Bonchev–Trinajstić information content (AvgIpc) is 3.14. The lowest BCUT2D eigenvalue weighted by atomic mass is 10.1. The van der Waals surface area contributed by atoms with Gasteiger partial charge in [0, 0.05) is 26.9 Å². The molecule has 5 aromatic carbocycles. The maximum Gasteiger partial charge on any atom is 0.272 e. The van der Waals surface area contributed by atoms with Gasteiger partial charge in [0.15, 0.2) is 11.5 Å². The zero-order chi connectivity index (χ0) is 35.5. The highest BCUT2D eigenvalue weighted by Gasteiger charge is 2.23. The van der Waals surface area contributed by atoms with E-state index in [1.165, 1.54) is 39.2 Å². The second-order valence-electron chi connectivity index (χ2n) is 10.7. The van der Waals surface area contributed by atoms with Gasteiger partial charge in [0.05, 0.1) is 21.3 Å². The number of anilines is 2. The highest BCUT2D eigenvalue weighted by Crippen LogP contribution is 2.39. The number of amides is 3. The van der Waals surface area contributed by atoms with Crippen LogP contribution in [0.25, 0.3) is 6.08 Å². The lowest BCUT2D eigenvalue weighted by Crippen LogP contribution is -2.30. The molecule has 11 heteroatoms. The van der Waals surface area contributed by atoms with Crippen molar-refractivity contribution in [2.24, 2.45) is 0 Å². The van der Waals surface area contributed by atoms with Crippen LogP contribution in [0, 0.1) is 0 Å². The highest BCUT2D eigenvalue weighted by molar-refractivity contribution is 8.00. The fourth-order valence-corrected chi connectivity index (χ4v) is 6.13. The van der Waals surface area contributed by atoms with Gasteiger partial charge in [-0.3, -0.25) is 14.4 Å². The Morgan fingerprint density at radius 2 is 1.34 bits per heavy atom. The summed E-state index contributed by atoms with van der Waals surface area (Å²) in [6, 6.07) is 35.3. The van der Waals surface area contributed by atoms with Crippen molar-refractivity contribution >= 4 is 58.5 Å². The summed E-state index contributed by atoms with van der Waals surface area (Å²) in [6.45, 7) is 0. The Kier molecular flexibility index (Phi) is 12.2. The number of carbonyl (C=O) groups is 3. The second-order valence-corrected chi connectivity index (χ2v) is 12.3. The van der Waals surface area contributed by atoms with Crippen molar-refractivity contribution in [2.75, 3.05) is 32.0 Å². The van der Waals surface area contributed by atoms with Crippen molar-refractivity contribution in [2.45, 2.75) is 10.1 Å². The van der Waals surface area contributed by atoms with E-state index in [-0.39, 0.29) is 11.6 Å². The predicted molar refractivity (Wildman–Crippen MR) is 198 cm³/mol. The zero-order valence-corrected chi connectivity index (χ0v) is 29.0. The molecule has 5 aromatic rings. The third kappa shape index (κ3) is 9.25. The third-order valence-electron chi connectivity index (χ3n) is 7.32. The van der Waals surface area contributed by atoms with Crippen molar-refractivity contribution in [1.29, 1.82) is 0 Å². The Morgan fingerprint density at radius 1 is 0.700 bits per heavy atom. The number of nitrogens with one attached hydrogen (secondary N) is 3. The first-order chi connectivity index (χ1) is 24.3. The molecule has 0 heterocycles. The topological polar surface area (TPSA) is 115 Å². The van der Waals surface area contributed by atoms with Gasteiger partial charge >= 0.3 is 0 Å². The van der Waals surface area contributed by atoms with E-state index in [4.69, 9.17) is 25.8 Å². The van der Waals surface area contributed by atoms with Crippen LogP contribution in [0.5, 0.6) is 17.2 Å². The molecule has 0 saturated carbocycles. The molecule has 0 aromatic heterocycles. The minimum atomic E-state index is -0.613. The number of carbonyl (C=O) groups excluding carboxylic acids is 3. The maximum absolute atomic E-state index is 13.8. The number of thioether (sulfide) groups is 1. The largest absolute Gasteiger partial charge is 0.493 e. The number of rotatable bonds is 13. The van der Waals surface area contributed by atoms with Gasteiger partial charge in [0.2, 0.25) is 11.7 Å². The molecule has 0 spiro atoms. The van der Waals surface area contributed by atoms with Gasteiger partial charge < -0.3 is 30.2 Å². The summed E-state index contributed by atoms with van der Waals surface area (Å²) in [5, 5.41) is 8.56. The number of methoxy groups -OCH3 is 3. The quantitative estimate of drug-likeness (QED) is 0.0834. The number of halogens is 1. The van der Waals surface area contributed by atoms with Crippen molar-refractivity contribution in [1.82, 2.24) is 5.32 Å². The van der Waals surface area contributed by atoms with E-state index in [0.29, 0.717) is 44.8 Å². The standard InChI is InChI=1S/C39H34ClN3O6S/c1-47-33-22-25(23-34(48-2)35(33)49-3)21-32(43-37(44)27-13-8-5-9-14-27)38(45)42-30-15-10-16-31(24-30)50-36(26-11-6-4-7-12-26)39(46)41-29-19-17-28(40)18-20-29/h4-24,36H,1-3H3,(H,41,46)(H,42,45)(H,43,44)/b32-21+. The van der Waals surface area contributed by atoms with Gasteiger partial charge in [-0.25, -0.2) is 0 Å². The molecule has 5 rings (SSSR count). The van der Waals surface area contributed by atoms with Crippen molar-refractivity contribution < 1.29 is 28.6 Å². The first-order valence-corrected chi connectivity index (χ1v) is 16.6. The van der Waals surface area contributed by atoms with E-state index in [9.17, 15) is 14.4 Å². The summed E-state index contributed by atoms with van der Waals surface area (Å²) in [7, 11) is 4.48. The van der Waals surface area contributed by atoms with Crippen LogP contribution in [-0.2, 0) is 9.59 Å². The van der Waals surface area contributed by atoms with Crippen molar-refractivity contribution in [3.8, 4) is 17.2 Å². The molecule has 3 amide bonds. The minimum absolute atomic E-state index is 0.0318. The number of benzene rings is 5. The van der Waals surface area contributed by atoms with Crippen LogP contribution in [0.4, 0.5) is 11.4 Å². The summed E-state index contributed by atoms with van der Waals surface area (Å²) in [6.07, 6.45) is 1.52. The molecule has 0 saturated heterocycles. The van der Waals surface area contributed by atoms with E-state index in [1.807, 2.05) is 36.4 Å². The SMILES string of the molecule is COc1cc(/C=C(/NC(=O)c2ccccc2)C(=O)Nc2cccc(SC(C(=O)Nc3ccc(Cl)cc3)c3ccccc3)c2)cc(OC)c1OC. The maximum atomic E-state index is 13.8. The molecule has 1 atom stereocenters. The van der Waals surface area contributed by atoms with E-state index >= 15 is 0 Å². The van der Waals surface area contributed by atoms with Gasteiger partial charge in [-0.15, -0.1) is 11.8 Å². The molecule has 254 valence electrons. The summed E-state index contributed by atoms with van der Waals surface area (Å²) < 4.78 is 16.4. The summed E-state index contributed by atoms with van der Waals surface area (Å²) in [5.41, 5.74) is 2.73. The Hall–Kier alpha value is -5.71. The van der Waals surface area contributed by atoms with Gasteiger partial charge in [-0.2, -0.15) is 0 Å². The number of hydrogen-bond donors (Lipinski definition) is 3. The fraction of sp³-hybridized carbons (Fsp3) is 0.103. The molecule has 0 radical (unpaired) electrons. The van der Waals surface area contributed by atoms with E-state index in [1.54, 1.807) is 84.9 Å². The van der Waals surface area contributed by atoms with E-state index in [2.05, 4.69) is 16.0 Å². The Labute approximate surface area is 299 Å². The molecule has 1 unspecified atom stereocenters. The van der Waals surface area contributed by atoms with Gasteiger partial charge in [-0.1, -0.05) is 66.2 Å². The molecule has 9 nitrogen and oxygen atoms in total. The van der Waals surface area contributed by atoms with Gasteiger partial charge in [0.1, 0.15) is 10.9 Å². The summed E-state index contributed by atoms with van der Waals surface area (Å²) in [4.78, 5) is 41.4. The average molecular weight is 708 g/mol. The van der Waals surface area contributed by atoms with Crippen LogP contribution in [-0.4, -0.2) is 39.1 Å². The lowest BCUT2D eigenvalue weighted by molar-refractivity contribution is -0.116. The Morgan fingerprint density at radius 3 is 1.96 bits per heavy atom. The molecular formula is C39H34ClN3O6S. The molecule has 0 aliphatic heterocycles. The van der Waals surface area contributed by atoms with Crippen molar-refractivity contribution in [3.63, 3.8) is 0 Å². The lowest BCUT2D eigenvalue weighted by Gasteiger charge is -2.18. The van der Waals surface area contributed by atoms with Crippen LogP contribution in [0.2, 0.25) is 5.02 Å². The van der Waals surface area contributed by atoms with E-state index in [0.717, 1.165) is 10.5 Å². The first-order valence-electron chi connectivity index (χ1n) is 15.4. The van der Waals surface area contributed by atoms with Gasteiger partial charge in [0.25, 0.3) is 11.8 Å². The fourth-order valence-electron chi connectivity index (χ4n) is 4.92. The molecule has 0 bridgehead atoms. The first kappa shape index (κ1) is 35.6. The normalized spacial score (nSPS) is 11.6. The molecule has 0 aliphatic rings. The molecule has 0 aliphatic carbocycles. The Balaban J connectivity index is 1.42. The number of ether oxygens (including phenoxy) is 3.